The van der Waals surface area contributed by atoms with Gasteiger partial charge in [-0.15, -0.1) is 0 Å². The van der Waals surface area contributed by atoms with Crippen molar-refractivity contribution in [3.8, 4) is 33.9 Å². The predicted molar refractivity (Wildman–Crippen MR) is 141 cm³/mol. The minimum atomic E-state index is -0.509. The van der Waals surface area contributed by atoms with Crippen molar-refractivity contribution in [3.63, 3.8) is 0 Å². The average molecular weight is 510 g/mol. The van der Waals surface area contributed by atoms with Crippen LogP contribution in [0.2, 0.25) is 0 Å². The maximum absolute atomic E-state index is 15.2. The second-order valence-electron chi connectivity index (χ2n) is 8.86. The summed E-state index contributed by atoms with van der Waals surface area (Å²) in [5.41, 5.74) is 5.03. The molecule has 188 valence electrons. The molecule has 4 aromatic heterocycles. The zero-order valence-corrected chi connectivity index (χ0v) is 20.2. The van der Waals surface area contributed by atoms with Crippen LogP contribution >= 0.6 is 0 Å². The van der Waals surface area contributed by atoms with E-state index in [0.29, 0.717) is 56.9 Å². The van der Waals surface area contributed by atoms with Crippen molar-refractivity contribution >= 4 is 33.5 Å². The number of rotatable bonds is 6. The topological polar surface area (TPSA) is 112 Å². The second kappa shape index (κ2) is 9.47. The van der Waals surface area contributed by atoms with Gasteiger partial charge in [-0.1, -0.05) is 6.92 Å². The fraction of sp³-hybridized carbons (Fsp3) is 0.107. The number of amides is 1. The number of hydrogen-bond donors (Lipinski definition) is 3. The van der Waals surface area contributed by atoms with Gasteiger partial charge in [0.1, 0.15) is 22.5 Å². The van der Waals surface area contributed by atoms with Gasteiger partial charge in [-0.05, 0) is 60.5 Å². The van der Waals surface area contributed by atoms with E-state index in [1.165, 1.54) is 18.2 Å². The SMILES string of the molecule is CCCC(=O)Nc1cncc(-c2cc(F)c3n[nH]c(-c4nc5c(-c6ccc(F)cc6)nccc5[nH]4)c3c2)c1. The summed E-state index contributed by atoms with van der Waals surface area (Å²) >= 11 is 0. The van der Waals surface area contributed by atoms with E-state index in [1.54, 1.807) is 48.9 Å². The molecule has 3 N–H and O–H groups in total. The molecule has 0 aliphatic rings. The van der Waals surface area contributed by atoms with E-state index in [-0.39, 0.29) is 17.2 Å². The highest BCUT2D eigenvalue weighted by atomic mass is 19.1. The summed E-state index contributed by atoms with van der Waals surface area (Å²) in [5, 5.41) is 10.4. The van der Waals surface area contributed by atoms with Crippen LogP contribution in [0.5, 0.6) is 0 Å². The summed E-state index contributed by atoms with van der Waals surface area (Å²) < 4.78 is 28.6. The zero-order chi connectivity index (χ0) is 26.2. The van der Waals surface area contributed by atoms with Gasteiger partial charge in [0.15, 0.2) is 11.6 Å². The van der Waals surface area contributed by atoms with Crippen LogP contribution in [-0.2, 0) is 4.79 Å². The maximum Gasteiger partial charge on any atom is 0.224 e. The lowest BCUT2D eigenvalue weighted by atomic mass is 10.0. The van der Waals surface area contributed by atoms with Gasteiger partial charge in [0.2, 0.25) is 5.91 Å². The third-order valence-electron chi connectivity index (χ3n) is 6.20. The Bertz CT molecular complexity index is 1810. The van der Waals surface area contributed by atoms with E-state index >= 15 is 4.39 Å². The lowest BCUT2D eigenvalue weighted by Crippen LogP contribution is -2.10. The molecule has 0 saturated carbocycles. The van der Waals surface area contributed by atoms with Crippen LogP contribution in [0.3, 0.4) is 0 Å². The normalized spacial score (nSPS) is 11.3. The van der Waals surface area contributed by atoms with Gasteiger partial charge in [-0.2, -0.15) is 5.10 Å². The smallest absolute Gasteiger partial charge is 0.224 e. The molecular formula is C28H21F2N7O. The molecule has 2 aromatic carbocycles. The van der Waals surface area contributed by atoms with E-state index in [0.717, 1.165) is 12.0 Å². The standard InChI is InChI=1S/C28H21F2N7O/c1-2-3-23(38)33-19-10-17(13-31-14-19)16-11-20-25(21(30)12-16)36-37-26(20)28-34-22-8-9-32-24(27(22)35-28)15-4-6-18(29)7-5-15/h4-14H,2-3H2,1H3,(H,33,38)(H,34,35)(H,36,37). The van der Waals surface area contributed by atoms with Gasteiger partial charge >= 0.3 is 0 Å². The van der Waals surface area contributed by atoms with Gasteiger partial charge in [0.25, 0.3) is 0 Å². The van der Waals surface area contributed by atoms with Crippen molar-refractivity contribution in [1.82, 2.24) is 30.1 Å². The quantitative estimate of drug-likeness (QED) is 0.246. The Kier molecular flexibility index (Phi) is 5.83. The van der Waals surface area contributed by atoms with Crippen LogP contribution in [0.4, 0.5) is 14.5 Å². The first kappa shape index (κ1) is 23.4. The van der Waals surface area contributed by atoms with E-state index < -0.39 is 5.82 Å². The number of halogens is 2. The molecular weight excluding hydrogens is 488 g/mol. The van der Waals surface area contributed by atoms with Gasteiger partial charge in [-0.3, -0.25) is 19.9 Å². The van der Waals surface area contributed by atoms with Crippen molar-refractivity contribution in [2.24, 2.45) is 0 Å². The van der Waals surface area contributed by atoms with Crippen molar-refractivity contribution in [2.75, 3.05) is 5.32 Å². The average Bonchev–Trinajstić information content (AvgIpc) is 3.54. The lowest BCUT2D eigenvalue weighted by molar-refractivity contribution is -0.116. The first-order valence-electron chi connectivity index (χ1n) is 12.0. The number of carbonyl (C=O) groups is 1. The number of anilines is 1. The molecule has 0 saturated heterocycles. The van der Waals surface area contributed by atoms with Crippen LogP contribution in [0.1, 0.15) is 19.8 Å². The second-order valence-corrected chi connectivity index (χ2v) is 8.86. The Morgan fingerprint density at radius 2 is 1.82 bits per heavy atom. The van der Waals surface area contributed by atoms with E-state index in [4.69, 9.17) is 4.98 Å². The zero-order valence-electron chi connectivity index (χ0n) is 20.2. The van der Waals surface area contributed by atoms with Gasteiger partial charge in [0, 0.05) is 35.3 Å². The molecule has 8 nitrogen and oxygen atoms in total. The highest BCUT2D eigenvalue weighted by molar-refractivity contribution is 5.98. The third kappa shape index (κ3) is 4.26. The molecule has 10 heteroatoms. The summed E-state index contributed by atoms with van der Waals surface area (Å²) in [7, 11) is 0. The number of aromatic amines is 2. The van der Waals surface area contributed by atoms with Crippen molar-refractivity contribution in [3.05, 3.63) is 78.8 Å². The number of nitrogens with one attached hydrogen (secondary N) is 3. The number of nitrogens with zero attached hydrogens (tertiary/aromatic N) is 4. The highest BCUT2D eigenvalue weighted by Crippen LogP contribution is 2.34. The largest absolute Gasteiger partial charge is 0.337 e. The number of aromatic nitrogens is 6. The number of pyridine rings is 2. The lowest BCUT2D eigenvalue weighted by Gasteiger charge is -2.07. The van der Waals surface area contributed by atoms with E-state index in [1.807, 2.05) is 6.92 Å². The monoisotopic (exact) mass is 509 g/mol. The van der Waals surface area contributed by atoms with Crippen molar-refractivity contribution < 1.29 is 13.6 Å². The maximum atomic E-state index is 15.2. The molecule has 0 fully saturated rings. The summed E-state index contributed by atoms with van der Waals surface area (Å²) in [6, 6.07) is 12.8. The summed E-state index contributed by atoms with van der Waals surface area (Å²) in [4.78, 5) is 28.7. The first-order chi connectivity index (χ1) is 18.5. The molecule has 0 aliphatic carbocycles. The molecule has 6 rings (SSSR count). The number of fused-ring (bicyclic) bond motifs is 2. The Morgan fingerprint density at radius 3 is 2.63 bits per heavy atom. The number of benzene rings is 2. The molecule has 6 aromatic rings. The van der Waals surface area contributed by atoms with Gasteiger partial charge in [-0.25, -0.2) is 13.8 Å². The predicted octanol–water partition coefficient (Wildman–Crippen LogP) is 6.25. The van der Waals surface area contributed by atoms with Crippen molar-refractivity contribution in [1.29, 1.82) is 0 Å². The number of H-pyrrole nitrogens is 2. The first-order valence-corrected chi connectivity index (χ1v) is 12.0. The number of imidazole rings is 1. The van der Waals surface area contributed by atoms with Crippen LogP contribution < -0.4 is 5.32 Å². The molecule has 0 bridgehead atoms. The number of hydrogen-bond acceptors (Lipinski definition) is 5. The fourth-order valence-corrected chi connectivity index (χ4v) is 4.41. The minimum absolute atomic E-state index is 0.107. The molecule has 0 radical (unpaired) electrons. The van der Waals surface area contributed by atoms with E-state index in [2.05, 4.69) is 30.5 Å². The van der Waals surface area contributed by atoms with Crippen LogP contribution in [0.25, 0.3) is 55.8 Å². The van der Waals surface area contributed by atoms with Crippen LogP contribution in [-0.4, -0.2) is 36.0 Å². The minimum Gasteiger partial charge on any atom is -0.337 e. The molecule has 1 amide bonds. The third-order valence-corrected chi connectivity index (χ3v) is 6.20. The van der Waals surface area contributed by atoms with Crippen LogP contribution in [0, 0.1) is 11.6 Å². The molecule has 0 spiro atoms. The van der Waals surface area contributed by atoms with Gasteiger partial charge < -0.3 is 10.3 Å². The Labute approximate surface area is 215 Å². The van der Waals surface area contributed by atoms with Crippen molar-refractivity contribution in [2.45, 2.75) is 19.8 Å². The molecule has 4 heterocycles. The molecule has 38 heavy (non-hydrogen) atoms. The highest BCUT2D eigenvalue weighted by Gasteiger charge is 2.18. The summed E-state index contributed by atoms with van der Waals surface area (Å²) in [6.07, 6.45) is 5.94. The Hall–Kier alpha value is -4.99. The summed E-state index contributed by atoms with van der Waals surface area (Å²) in [6.45, 7) is 1.93. The molecule has 0 atom stereocenters. The Balaban J connectivity index is 1.43. The number of carbonyl (C=O) groups excluding carboxylic acids is 1. The fourth-order valence-electron chi connectivity index (χ4n) is 4.41. The molecule has 0 unspecified atom stereocenters. The Morgan fingerprint density at radius 1 is 0.974 bits per heavy atom. The molecule has 0 aliphatic heterocycles. The summed E-state index contributed by atoms with van der Waals surface area (Å²) in [5.74, 6) is -0.501. The van der Waals surface area contributed by atoms with Gasteiger partial charge in [0.05, 0.1) is 23.1 Å². The van der Waals surface area contributed by atoms with Crippen LogP contribution in [0.15, 0.2) is 67.1 Å². The van der Waals surface area contributed by atoms with E-state index in [9.17, 15) is 9.18 Å².